The highest BCUT2D eigenvalue weighted by atomic mass is 35.5. The van der Waals surface area contributed by atoms with Crippen molar-refractivity contribution in [2.45, 2.75) is 32.4 Å². The maximum Gasteiger partial charge on any atom is 0.350 e. The molecule has 0 spiro atoms. The van der Waals surface area contributed by atoms with E-state index in [4.69, 9.17) is 42.6 Å². The van der Waals surface area contributed by atoms with Crippen LogP contribution in [0.5, 0.6) is 0 Å². The van der Waals surface area contributed by atoms with Crippen LogP contribution >= 0.6 is 45.9 Å². The molecule has 0 unspecified atom stereocenters. The Kier molecular flexibility index (Phi) is 7.92. The van der Waals surface area contributed by atoms with Crippen molar-refractivity contribution < 1.29 is 19.1 Å². The second-order valence-corrected chi connectivity index (χ2v) is 11.5. The van der Waals surface area contributed by atoms with Crippen LogP contribution in [-0.2, 0) is 9.47 Å². The third-order valence-corrected chi connectivity index (χ3v) is 9.39. The van der Waals surface area contributed by atoms with Crippen LogP contribution < -0.4 is 10.2 Å². The van der Waals surface area contributed by atoms with Crippen molar-refractivity contribution in [2.75, 3.05) is 31.7 Å². The summed E-state index contributed by atoms with van der Waals surface area (Å²) in [6.45, 7) is 4.85. The van der Waals surface area contributed by atoms with Gasteiger partial charge >= 0.3 is 5.97 Å². The summed E-state index contributed by atoms with van der Waals surface area (Å²) in [5.41, 5.74) is 2.23. The second-order valence-electron chi connectivity index (χ2n) is 8.72. The van der Waals surface area contributed by atoms with Crippen molar-refractivity contribution in [2.24, 2.45) is 0 Å². The number of aromatic nitrogens is 3. The number of amides is 1. The second kappa shape index (κ2) is 11.2. The van der Waals surface area contributed by atoms with Crippen LogP contribution in [0.2, 0.25) is 10.0 Å². The number of H-pyrrole nitrogens is 1. The first-order chi connectivity index (χ1) is 18.3. The van der Waals surface area contributed by atoms with Gasteiger partial charge in [-0.2, -0.15) is 0 Å². The topological polar surface area (TPSA) is 109 Å². The molecule has 1 aliphatic heterocycles. The van der Waals surface area contributed by atoms with E-state index in [1.807, 2.05) is 24.3 Å². The SMILES string of the molecule is CCOC(=O)c1sc(N2CC[C@@H](NC(=O)c3[nH]c(C)c(Cl)c3Cl)[C@@H](OC)C2)nc1-c1nc2ccccc2s1. The first kappa shape index (κ1) is 26.9. The van der Waals surface area contributed by atoms with Gasteiger partial charge < -0.3 is 24.7 Å². The van der Waals surface area contributed by atoms with E-state index in [-0.39, 0.29) is 35.4 Å². The van der Waals surface area contributed by atoms with Crippen molar-refractivity contribution in [3.63, 3.8) is 0 Å². The molecular weight excluding hydrogens is 569 g/mol. The minimum atomic E-state index is -0.423. The normalized spacial score (nSPS) is 17.7. The Morgan fingerprint density at radius 2 is 2.00 bits per heavy atom. The maximum absolute atomic E-state index is 12.9. The number of rotatable bonds is 7. The first-order valence-electron chi connectivity index (χ1n) is 12.0. The number of methoxy groups -OCH3 is 1. The lowest BCUT2D eigenvalue weighted by molar-refractivity contribution is 0.0531. The summed E-state index contributed by atoms with van der Waals surface area (Å²) in [6.07, 6.45) is 0.277. The number of hydrogen-bond donors (Lipinski definition) is 2. The van der Waals surface area contributed by atoms with Crippen LogP contribution in [0, 0.1) is 6.92 Å². The molecule has 38 heavy (non-hydrogen) atoms. The fourth-order valence-corrected chi connectivity index (χ4v) is 6.80. The van der Waals surface area contributed by atoms with Crippen molar-refractivity contribution in [1.82, 2.24) is 20.3 Å². The van der Waals surface area contributed by atoms with E-state index in [2.05, 4.69) is 15.2 Å². The first-order valence-corrected chi connectivity index (χ1v) is 14.4. The molecule has 4 aromatic rings. The van der Waals surface area contributed by atoms with Crippen molar-refractivity contribution in [1.29, 1.82) is 0 Å². The number of carbonyl (C=O) groups is 2. The number of thiazole rings is 2. The number of fused-ring (bicyclic) bond motifs is 1. The summed E-state index contributed by atoms with van der Waals surface area (Å²) in [4.78, 5) is 40.7. The van der Waals surface area contributed by atoms with Gasteiger partial charge in [-0.3, -0.25) is 4.79 Å². The van der Waals surface area contributed by atoms with Gasteiger partial charge in [0.2, 0.25) is 0 Å². The van der Waals surface area contributed by atoms with E-state index in [1.165, 1.54) is 22.7 Å². The zero-order chi connectivity index (χ0) is 27.0. The van der Waals surface area contributed by atoms with Crippen molar-refractivity contribution in [3.8, 4) is 10.7 Å². The van der Waals surface area contributed by atoms with E-state index >= 15 is 0 Å². The molecule has 1 amide bonds. The standard InChI is InChI=1S/C25H25Cl2N5O4S2/c1-4-36-24(34)21-20(23-30-14-7-5-6-8-16(14)37-23)31-25(38-21)32-10-9-13(15(11-32)35-3)29-22(33)19-18(27)17(26)12(2)28-19/h5-8,13,15,28H,4,9-11H2,1-3H3,(H,29,33)/t13-,15+/m1/s1. The van der Waals surface area contributed by atoms with Gasteiger partial charge in [0.25, 0.3) is 5.91 Å². The van der Waals surface area contributed by atoms with Crippen LogP contribution in [0.4, 0.5) is 5.13 Å². The number of piperidine rings is 1. The number of benzene rings is 1. The lowest BCUT2D eigenvalue weighted by Gasteiger charge is -2.37. The minimum Gasteiger partial charge on any atom is -0.462 e. The molecule has 0 radical (unpaired) electrons. The Balaban J connectivity index is 1.38. The monoisotopic (exact) mass is 593 g/mol. The third kappa shape index (κ3) is 5.13. The molecule has 1 saturated heterocycles. The molecular formula is C25H25Cl2N5O4S2. The van der Waals surface area contributed by atoms with Gasteiger partial charge in [0.1, 0.15) is 21.3 Å². The Morgan fingerprint density at radius 1 is 1.21 bits per heavy atom. The van der Waals surface area contributed by atoms with Gasteiger partial charge in [-0.25, -0.2) is 14.8 Å². The average molecular weight is 595 g/mol. The summed E-state index contributed by atoms with van der Waals surface area (Å²) in [5.74, 6) is -0.768. The summed E-state index contributed by atoms with van der Waals surface area (Å²) >= 11 is 15.1. The maximum atomic E-state index is 12.9. The summed E-state index contributed by atoms with van der Waals surface area (Å²) in [5, 5.41) is 4.89. The Labute approximate surface area is 237 Å². The number of aromatic amines is 1. The predicted octanol–water partition coefficient (Wildman–Crippen LogP) is 5.56. The van der Waals surface area contributed by atoms with E-state index in [9.17, 15) is 9.59 Å². The number of nitrogens with zero attached hydrogens (tertiary/aromatic N) is 3. The number of anilines is 1. The fraction of sp³-hybridized carbons (Fsp3) is 0.360. The largest absolute Gasteiger partial charge is 0.462 e. The van der Waals surface area contributed by atoms with E-state index < -0.39 is 5.97 Å². The van der Waals surface area contributed by atoms with E-state index in [1.54, 1.807) is 21.0 Å². The van der Waals surface area contributed by atoms with Crippen LogP contribution in [0.15, 0.2) is 24.3 Å². The molecule has 1 aromatic carbocycles. The van der Waals surface area contributed by atoms with Crippen LogP contribution in [0.25, 0.3) is 20.9 Å². The Morgan fingerprint density at radius 3 is 2.68 bits per heavy atom. The lowest BCUT2D eigenvalue weighted by Crippen LogP contribution is -2.55. The molecule has 0 bridgehead atoms. The molecule has 0 saturated carbocycles. The number of para-hydroxylation sites is 1. The summed E-state index contributed by atoms with van der Waals surface area (Å²) < 4.78 is 12.1. The van der Waals surface area contributed by atoms with Gasteiger partial charge in [0.15, 0.2) is 5.13 Å². The lowest BCUT2D eigenvalue weighted by atomic mass is 10.0. The van der Waals surface area contributed by atoms with Gasteiger partial charge in [-0.05, 0) is 32.4 Å². The van der Waals surface area contributed by atoms with E-state index in [0.29, 0.717) is 50.9 Å². The Bertz CT molecular complexity index is 1470. The van der Waals surface area contributed by atoms with Gasteiger partial charge in [-0.15, -0.1) is 11.3 Å². The summed E-state index contributed by atoms with van der Waals surface area (Å²) in [7, 11) is 1.61. The van der Waals surface area contributed by atoms with Gasteiger partial charge in [-0.1, -0.05) is 46.7 Å². The summed E-state index contributed by atoms with van der Waals surface area (Å²) in [6, 6.07) is 7.56. The molecule has 1 fully saturated rings. The molecule has 2 N–H and O–H groups in total. The third-order valence-electron chi connectivity index (χ3n) is 6.30. The number of ether oxygens (including phenoxy) is 2. The molecule has 2 atom stereocenters. The zero-order valence-corrected chi connectivity index (χ0v) is 24.0. The number of aryl methyl sites for hydroxylation is 1. The molecule has 9 nitrogen and oxygen atoms in total. The molecule has 5 rings (SSSR count). The highest BCUT2D eigenvalue weighted by molar-refractivity contribution is 7.22. The number of nitrogens with one attached hydrogen (secondary N) is 2. The highest BCUT2D eigenvalue weighted by Crippen LogP contribution is 2.38. The predicted molar refractivity (Wildman–Crippen MR) is 151 cm³/mol. The van der Waals surface area contributed by atoms with E-state index in [0.717, 1.165) is 10.2 Å². The van der Waals surface area contributed by atoms with Gasteiger partial charge in [0, 0.05) is 25.9 Å². The molecule has 1 aliphatic rings. The molecule has 0 aliphatic carbocycles. The van der Waals surface area contributed by atoms with Gasteiger partial charge in [0.05, 0.1) is 39.0 Å². The number of halogens is 2. The zero-order valence-electron chi connectivity index (χ0n) is 20.8. The smallest absolute Gasteiger partial charge is 0.350 e. The molecule has 4 heterocycles. The molecule has 200 valence electrons. The number of esters is 1. The van der Waals surface area contributed by atoms with Crippen molar-refractivity contribution in [3.05, 3.63) is 50.6 Å². The van der Waals surface area contributed by atoms with Crippen LogP contribution in [-0.4, -0.2) is 65.8 Å². The molecule has 13 heteroatoms. The Hall–Kier alpha value is -2.70. The highest BCUT2D eigenvalue weighted by Gasteiger charge is 2.34. The number of carbonyl (C=O) groups excluding carboxylic acids is 2. The van der Waals surface area contributed by atoms with Crippen LogP contribution in [0.3, 0.4) is 0 Å². The minimum absolute atomic E-state index is 0.199. The van der Waals surface area contributed by atoms with Crippen LogP contribution in [0.1, 0.15) is 39.2 Å². The number of hydrogen-bond acceptors (Lipinski definition) is 9. The average Bonchev–Trinajstić information content (AvgIpc) is 3.61. The fourth-order valence-electron chi connectivity index (χ4n) is 4.36. The molecule has 3 aromatic heterocycles. The quantitative estimate of drug-likeness (QED) is 0.270. The van der Waals surface area contributed by atoms with Crippen molar-refractivity contribution >= 4 is 73.1 Å².